The standard InChI is InChI=1S/C7H16N2O/c1-7(8)6-9-2-4-10-5-3-9/h7H,2-6,8H2,1H3/t7-/m1/s1. The van der Waals surface area contributed by atoms with E-state index in [-0.39, 0.29) is 6.04 Å². The highest BCUT2D eigenvalue weighted by molar-refractivity contribution is 4.66. The summed E-state index contributed by atoms with van der Waals surface area (Å²) in [6.45, 7) is 6.86. The first-order valence-electron chi connectivity index (χ1n) is 3.84. The number of hydrogen-bond donors (Lipinski definition) is 1. The summed E-state index contributed by atoms with van der Waals surface area (Å²) in [5.41, 5.74) is 5.64. The van der Waals surface area contributed by atoms with Crippen LogP contribution in [0.5, 0.6) is 0 Å². The van der Waals surface area contributed by atoms with Gasteiger partial charge in [0.2, 0.25) is 0 Å². The second-order valence-corrected chi connectivity index (χ2v) is 2.89. The van der Waals surface area contributed by atoms with Crippen LogP contribution in [0.25, 0.3) is 0 Å². The highest BCUT2D eigenvalue weighted by Crippen LogP contribution is 1.96. The average molecular weight is 144 g/mol. The third-order valence-corrected chi connectivity index (χ3v) is 1.65. The molecule has 3 nitrogen and oxygen atoms in total. The topological polar surface area (TPSA) is 38.5 Å². The van der Waals surface area contributed by atoms with E-state index in [9.17, 15) is 0 Å². The van der Waals surface area contributed by atoms with E-state index in [1.165, 1.54) is 0 Å². The zero-order valence-electron chi connectivity index (χ0n) is 6.55. The Balaban J connectivity index is 2.13. The molecule has 1 fully saturated rings. The highest BCUT2D eigenvalue weighted by Gasteiger charge is 2.10. The molecule has 0 spiro atoms. The predicted octanol–water partition coefficient (Wildman–Crippen LogP) is -0.334. The Morgan fingerprint density at radius 3 is 2.60 bits per heavy atom. The van der Waals surface area contributed by atoms with E-state index in [1.54, 1.807) is 0 Å². The van der Waals surface area contributed by atoms with E-state index in [4.69, 9.17) is 10.5 Å². The van der Waals surface area contributed by atoms with Gasteiger partial charge in [-0.15, -0.1) is 0 Å². The minimum Gasteiger partial charge on any atom is -0.379 e. The normalized spacial score (nSPS) is 24.6. The molecule has 0 aromatic rings. The molecule has 1 saturated heterocycles. The lowest BCUT2D eigenvalue weighted by atomic mass is 10.3. The van der Waals surface area contributed by atoms with Gasteiger partial charge in [0.1, 0.15) is 0 Å². The van der Waals surface area contributed by atoms with Crippen molar-refractivity contribution in [3.8, 4) is 0 Å². The maximum Gasteiger partial charge on any atom is 0.0594 e. The summed E-state index contributed by atoms with van der Waals surface area (Å²) in [5, 5.41) is 0. The summed E-state index contributed by atoms with van der Waals surface area (Å²) in [5.74, 6) is 0. The minimum absolute atomic E-state index is 0.290. The van der Waals surface area contributed by atoms with Crippen LogP contribution in [0.4, 0.5) is 0 Å². The molecule has 0 saturated carbocycles. The maximum absolute atomic E-state index is 5.64. The van der Waals surface area contributed by atoms with Crippen LogP contribution in [0.2, 0.25) is 0 Å². The van der Waals surface area contributed by atoms with Gasteiger partial charge in [-0.05, 0) is 6.92 Å². The van der Waals surface area contributed by atoms with Crippen LogP contribution < -0.4 is 5.73 Å². The fourth-order valence-corrected chi connectivity index (χ4v) is 1.19. The van der Waals surface area contributed by atoms with Crippen LogP contribution in [-0.2, 0) is 4.74 Å². The van der Waals surface area contributed by atoms with E-state index in [2.05, 4.69) is 4.90 Å². The van der Waals surface area contributed by atoms with Gasteiger partial charge in [0.25, 0.3) is 0 Å². The number of ether oxygens (including phenoxy) is 1. The van der Waals surface area contributed by atoms with E-state index < -0.39 is 0 Å². The summed E-state index contributed by atoms with van der Waals surface area (Å²) in [7, 11) is 0. The summed E-state index contributed by atoms with van der Waals surface area (Å²) in [6, 6.07) is 0.290. The Kier molecular flexibility index (Phi) is 3.12. The van der Waals surface area contributed by atoms with Crippen molar-refractivity contribution in [3.63, 3.8) is 0 Å². The second-order valence-electron chi connectivity index (χ2n) is 2.89. The molecule has 1 rings (SSSR count). The van der Waals surface area contributed by atoms with Gasteiger partial charge in [-0.3, -0.25) is 4.90 Å². The largest absolute Gasteiger partial charge is 0.379 e. The van der Waals surface area contributed by atoms with Crippen molar-refractivity contribution in [2.24, 2.45) is 5.73 Å². The summed E-state index contributed by atoms with van der Waals surface area (Å²) >= 11 is 0. The molecular formula is C7H16N2O. The van der Waals surface area contributed by atoms with Crippen molar-refractivity contribution in [1.29, 1.82) is 0 Å². The number of nitrogens with zero attached hydrogens (tertiary/aromatic N) is 1. The van der Waals surface area contributed by atoms with E-state index >= 15 is 0 Å². The number of rotatable bonds is 2. The van der Waals surface area contributed by atoms with Gasteiger partial charge < -0.3 is 10.5 Å². The molecule has 1 atom stereocenters. The van der Waals surface area contributed by atoms with Gasteiger partial charge in [-0.2, -0.15) is 0 Å². The molecule has 10 heavy (non-hydrogen) atoms. The molecule has 3 heteroatoms. The molecule has 0 radical (unpaired) electrons. The Bertz CT molecular complexity index is 89.6. The van der Waals surface area contributed by atoms with Crippen LogP contribution in [0.15, 0.2) is 0 Å². The number of hydrogen-bond acceptors (Lipinski definition) is 3. The molecule has 1 heterocycles. The quantitative estimate of drug-likeness (QED) is 0.576. The van der Waals surface area contributed by atoms with Crippen molar-refractivity contribution in [1.82, 2.24) is 4.90 Å². The molecule has 1 aliphatic rings. The fraction of sp³-hybridized carbons (Fsp3) is 1.00. The molecule has 0 aromatic heterocycles. The molecule has 0 aromatic carbocycles. The summed E-state index contributed by atoms with van der Waals surface area (Å²) in [4.78, 5) is 2.34. The van der Waals surface area contributed by atoms with Crippen LogP contribution in [0.3, 0.4) is 0 Å². The molecule has 0 aliphatic carbocycles. The van der Waals surface area contributed by atoms with Crippen molar-refractivity contribution < 1.29 is 4.74 Å². The van der Waals surface area contributed by atoms with Gasteiger partial charge in [-0.1, -0.05) is 0 Å². The molecular weight excluding hydrogens is 128 g/mol. The number of morpholine rings is 1. The monoisotopic (exact) mass is 144 g/mol. The Labute approximate surface area is 62.1 Å². The SMILES string of the molecule is C[C@@H](N)CN1CCOCC1. The third-order valence-electron chi connectivity index (χ3n) is 1.65. The molecule has 1 aliphatic heterocycles. The lowest BCUT2D eigenvalue weighted by Gasteiger charge is -2.27. The molecule has 2 N–H and O–H groups in total. The van der Waals surface area contributed by atoms with Gasteiger partial charge in [0.05, 0.1) is 13.2 Å². The smallest absolute Gasteiger partial charge is 0.0594 e. The first-order valence-corrected chi connectivity index (χ1v) is 3.84. The lowest BCUT2D eigenvalue weighted by molar-refractivity contribution is 0.0360. The fourth-order valence-electron chi connectivity index (χ4n) is 1.19. The van der Waals surface area contributed by atoms with Gasteiger partial charge in [-0.25, -0.2) is 0 Å². The molecule has 60 valence electrons. The molecule has 0 amide bonds. The highest BCUT2D eigenvalue weighted by atomic mass is 16.5. The number of nitrogens with two attached hydrogens (primary N) is 1. The second kappa shape index (κ2) is 3.91. The van der Waals surface area contributed by atoms with Crippen LogP contribution in [-0.4, -0.2) is 43.8 Å². The van der Waals surface area contributed by atoms with Crippen molar-refractivity contribution in [2.75, 3.05) is 32.8 Å². The minimum atomic E-state index is 0.290. The van der Waals surface area contributed by atoms with Crippen LogP contribution >= 0.6 is 0 Å². The predicted molar refractivity (Wildman–Crippen MR) is 40.9 cm³/mol. The molecule has 0 bridgehead atoms. The first-order chi connectivity index (χ1) is 4.79. The van der Waals surface area contributed by atoms with Crippen LogP contribution in [0.1, 0.15) is 6.92 Å². The molecule has 0 unspecified atom stereocenters. The zero-order valence-corrected chi connectivity index (χ0v) is 6.55. The summed E-state index contributed by atoms with van der Waals surface area (Å²) < 4.78 is 5.20. The maximum atomic E-state index is 5.64. The lowest BCUT2D eigenvalue weighted by Crippen LogP contribution is -2.42. The first kappa shape index (κ1) is 7.98. The Hall–Kier alpha value is -0.120. The van der Waals surface area contributed by atoms with Gasteiger partial charge >= 0.3 is 0 Å². The van der Waals surface area contributed by atoms with Crippen molar-refractivity contribution in [2.45, 2.75) is 13.0 Å². The van der Waals surface area contributed by atoms with Gasteiger partial charge in [0, 0.05) is 25.7 Å². The van der Waals surface area contributed by atoms with E-state index in [0.717, 1.165) is 32.8 Å². The van der Waals surface area contributed by atoms with Crippen molar-refractivity contribution >= 4 is 0 Å². The summed E-state index contributed by atoms with van der Waals surface area (Å²) in [6.07, 6.45) is 0. The van der Waals surface area contributed by atoms with Gasteiger partial charge in [0.15, 0.2) is 0 Å². The zero-order chi connectivity index (χ0) is 7.40. The third kappa shape index (κ3) is 2.64. The van der Waals surface area contributed by atoms with Crippen molar-refractivity contribution in [3.05, 3.63) is 0 Å². The Morgan fingerprint density at radius 1 is 1.50 bits per heavy atom. The average Bonchev–Trinajstić information content (AvgIpc) is 1.88. The van der Waals surface area contributed by atoms with E-state index in [1.807, 2.05) is 6.92 Å². The van der Waals surface area contributed by atoms with E-state index in [0.29, 0.717) is 0 Å². The van der Waals surface area contributed by atoms with Crippen LogP contribution in [0, 0.1) is 0 Å². The Morgan fingerprint density at radius 2 is 2.10 bits per heavy atom.